The Bertz CT molecular complexity index is 991. The van der Waals surface area contributed by atoms with Crippen LogP contribution >= 0.6 is 0 Å². The number of rotatable bonds is 3. The Labute approximate surface area is 143 Å². The third kappa shape index (κ3) is 2.65. The van der Waals surface area contributed by atoms with Gasteiger partial charge in [-0.05, 0) is 35.0 Å². The molecule has 0 spiro atoms. The number of carbonyl (C=O) groups excluding carboxylic acids is 3. The van der Waals surface area contributed by atoms with Gasteiger partial charge in [0.05, 0.1) is 11.1 Å². The van der Waals surface area contributed by atoms with E-state index in [4.69, 9.17) is 0 Å². The SMILES string of the molecule is O=C(CN1C(=O)c2ccccc2C1=O)Nc1ccc2ccccc2c1. The molecule has 25 heavy (non-hydrogen) atoms. The lowest BCUT2D eigenvalue weighted by Crippen LogP contribution is -2.37. The predicted molar refractivity (Wildman–Crippen MR) is 94.4 cm³/mol. The zero-order valence-corrected chi connectivity index (χ0v) is 13.2. The Balaban J connectivity index is 1.51. The van der Waals surface area contributed by atoms with E-state index >= 15 is 0 Å². The second-order valence-corrected chi connectivity index (χ2v) is 5.85. The van der Waals surface area contributed by atoms with Gasteiger partial charge in [-0.2, -0.15) is 0 Å². The molecular weight excluding hydrogens is 316 g/mol. The van der Waals surface area contributed by atoms with Crippen LogP contribution in [-0.2, 0) is 4.79 Å². The van der Waals surface area contributed by atoms with Crippen LogP contribution in [0.1, 0.15) is 20.7 Å². The van der Waals surface area contributed by atoms with Crippen LogP contribution in [0.4, 0.5) is 5.69 Å². The Kier molecular flexibility index (Phi) is 3.54. The molecule has 1 N–H and O–H groups in total. The summed E-state index contributed by atoms with van der Waals surface area (Å²) in [6, 6.07) is 20.0. The molecule has 0 fully saturated rings. The molecule has 1 aliphatic heterocycles. The van der Waals surface area contributed by atoms with E-state index in [1.807, 2.05) is 36.4 Å². The maximum atomic E-state index is 12.3. The summed E-state index contributed by atoms with van der Waals surface area (Å²) in [5.41, 5.74) is 1.30. The quantitative estimate of drug-likeness (QED) is 0.751. The van der Waals surface area contributed by atoms with Gasteiger partial charge in [0, 0.05) is 5.69 Å². The van der Waals surface area contributed by atoms with Gasteiger partial charge in [0.15, 0.2) is 0 Å². The van der Waals surface area contributed by atoms with E-state index in [0.29, 0.717) is 16.8 Å². The zero-order chi connectivity index (χ0) is 17.4. The molecule has 0 saturated carbocycles. The van der Waals surface area contributed by atoms with Crippen LogP contribution in [0, 0.1) is 0 Å². The molecule has 0 saturated heterocycles. The molecule has 0 aliphatic carbocycles. The van der Waals surface area contributed by atoms with Gasteiger partial charge in [0.1, 0.15) is 6.54 Å². The molecule has 5 nitrogen and oxygen atoms in total. The summed E-state index contributed by atoms with van der Waals surface area (Å²) in [6.45, 7) is -0.306. The Hall–Kier alpha value is -3.47. The maximum absolute atomic E-state index is 12.3. The van der Waals surface area contributed by atoms with Crippen LogP contribution in [0.5, 0.6) is 0 Å². The van der Waals surface area contributed by atoms with Gasteiger partial charge >= 0.3 is 0 Å². The molecule has 0 atom stereocenters. The lowest BCUT2D eigenvalue weighted by atomic mass is 10.1. The fourth-order valence-corrected chi connectivity index (χ4v) is 2.99. The molecule has 122 valence electrons. The van der Waals surface area contributed by atoms with Gasteiger partial charge in [-0.1, -0.05) is 42.5 Å². The normalized spacial score (nSPS) is 13.2. The molecule has 3 amide bonds. The minimum Gasteiger partial charge on any atom is -0.325 e. The lowest BCUT2D eigenvalue weighted by molar-refractivity contribution is -0.116. The van der Waals surface area contributed by atoms with Crippen molar-refractivity contribution in [2.24, 2.45) is 0 Å². The van der Waals surface area contributed by atoms with E-state index in [9.17, 15) is 14.4 Å². The number of fused-ring (bicyclic) bond motifs is 2. The van der Waals surface area contributed by atoms with E-state index in [-0.39, 0.29) is 6.54 Å². The van der Waals surface area contributed by atoms with Crippen LogP contribution in [0.3, 0.4) is 0 Å². The van der Waals surface area contributed by atoms with Crippen LogP contribution in [0.15, 0.2) is 66.7 Å². The van der Waals surface area contributed by atoms with Crippen LogP contribution in [-0.4, -0.2) is 29.2 Å². The van der Waals surface area contributed by atoms with Gasteiger partial charge < -0.3 is 5.32 Å². The highest BCUT2D eigenvalue weighted by atomic mass is 16.2. The van der Waals surface area contributed by atoms with E-state index in [1.54, 1.807) is 30.3 Å². The topological polar surface area (TPSA) is 66.5 Å². The number of anilines is 1. The van der Waals surface area contributed by atoms with Gasteiger partial charge in [-0.25, -0.2) is 0 Å². The second-order valence-electron chi connectivity index (χ2n) is 5.85. The minimum atomic E-state index is -0.436. The summed E-state index contributed by atoms with van der Waals surface area (Å²) in [5.74, 6) is -1.28. The van der Waals surface area contributed by atoms with Crippen molar-refractivity contribution in [2.75, 3.05) is 11.9 Å². The van der Waals surface area contributed by atoms with E-state index < -0.39 is 17.7 Å². The molecule has 1 aliphatic rings. The highest BCUT2D eigenvalue weighted by molar-refractivity contribution is 6.22. The number of hydrogen-bond donors (Lipinski definition) is 1. The molecule has 5 heteroatoms. The van der Waals surface area contributed by atoms with Crippen molar-refractivity contribution in [3.05, 3.63) is 77.9 Å². The van der Waals surface area contributed by atoms with Crippen molar-refractivity contribution in [3.63, 3.8) is 0 Å². The smallest absolute Gasteiger partial charge is 0.262 e. The van der Waals surface area contributed by atoms with Crippen molar-refractivity contribution in [1.29, 1.82) is 0 Å². The van der Waals surface area contributed by atoms with Gasteiger partial charge in [-0.3, -0.25) is 19.3 Å². The summed E-state index contributed by atoms with van der Waals surface area (Å²) in [6.07, 6.45) is 0. The Morgan fingerprint density at radius 1 is 0.800 bits per heavy atom. The van der Waals surface area contributed by atoms with E-state index in [0.717, 1.165) is 15.7 Å². The van der Waals surface area contributed by atoms with Crippen LogP contribution in [0.2, 0.25) is 0 Å². The van der Waals surface area contributed by atoms with Gasteiger partial charge in [-0.15, -0.1) is 0 Å². The number of imide groups is 1. The van der Waals surface area contributed by atoms with E-state index in [2.05, 4.69) is 5.32 Å². The van der Waals surface area contributed by atoms with Crippen LogP contribution < -0.4 is 5.32 Å². The first-order chi connectivity index (χ1) is 12.1. The number of hydrogen-bond acceptors (Lipinski definition) is 3. The monoisotopic (exact) mass is 330 g/mol. The summed E-state index contributed by atoms with van der Waals surface area (Å²) in [7, 11) is 0. The predicted octanol–water partition coefficient (Wildman–Crippen LogP) is 3.07. The zero-order valence-electron chi connectivity index (χ0n) is 13.2. The lowest BCUT2D eigenvalue weighted by Gasteiger charge is -2.14. The largest absolute Gasteiger partial charge is 0.325 e. The first-order valence-electron chi connectivity index (χ1n) is 7.87. The maximum Gasteiger partial charge on any atom is 0.262 e. The third-order valence-corrected chi connectivity index (χ3v) is 4.21. The summed E-state index contributed by atoms with van der Waals surface area (Å²) in [5, 5.41) is 4.81. The molecule has 4 rings (SSSR count). The second kappa shape index (κ2) is 5.87. The fourth-order valence-electron chi connectivity index (χ4n) is 2.99. The number of nitrogens with zero attached hydrogens (tertiary/aromatic N) is 1. The third-order valence-electron chi connectivity index (χ3n) is 4.21. The average molecular weight is 330 g/mol. The molecule has 0 bridgehead atoms. The fraction of sp³-hybridized carbons (Fsp3) is 0.0500. The van der Waals surface area contributed by atoms with Crippen molar-refractivity contribution in [1.82, 2.24) is 4.90 Å². The first kappa shape index (κ1) is 15.1. The Morgan fingerprint density at radius 3 is 2.08 bits per heavy atom. The van der Waals surface area contributed by atoms with Gasteiger partial charge in [0.25, 0.3) is 11.8 Å². The number of benzene rings is 3. The standard InChI is InChI=1S/C20H14N2O3/c23-18(21-15-10-9-13-5-1-2-6-14(13)11-15)12-22-19(24)16-7-3-4-8-17(16)20(22)25/h1-11H,12H2,(H,21,23). The van der Waals surface area contributed by atoms with Crippen molar-refractivity contribution < 1.29 is 14.4 Å². The number of carbonyl (C=O) groups is 3. The Morgan fingerprint density at radius 2 is 1.40 bits per heavy atom. The molecule has 0 aromatic heterocycles. The molecule has 1 heterocycles. The highest BCUT2D eigenvalue weighted by Gasteiger charge is 2.36. The van der Waals surface area contributed by atoms with Crippen LogP contribution in [0.25, 0.3) is 10.8 Å². The van der Waals surface area contributed by atoms with E-state index in [1.165, 1.54) is 0 Å². The number of nitrogens with one attached hydrogen (secondary N) is 1. The molecule has 3 aromatic rings. The first-order valence-corrected chi connectivity index (χ1v) is 7.87. The average Bonchev–Trinajstić information content (AvgIpc) is 2.87. The minimum absolute atomic E-state index is 0.306. The summed E-state index contributed by atoms with van der Waals surface area (Å²) < 4.78 is 0. The molecule has 0 radical (unpaired) electrons. The molecule has 3 aromatic carbocycles. The number of amides is 3. The highest BCUT2D eigenvalue weighted by Crippen LogP contribution is 2.23. The van der Waals surface area contributed by atoms with Gasteiger partial charge in [0.2, 0.25) is 5.91 Å². The van der Waals surface area contributed by atoms with Crippen molar-refractivity contribution in [3.8, 4) is 0 Å². The van der Waals surface area contributed by atoms with Crippen molar-refractivity contribution >= 4 is 34.2 Å². The molecule has 0 unspecified atom stereocenters. The summed E-state index contributed by atoms with van der Waals surface area (Å²) in [4.78, 5) is 37.9. The van der Waals surface area contributed by atoms with Crippen molar-refractivity contribution in [2.45, 2.75) is 0 Å². The summed E-state index contributed by atoms with van der Waals surface area (Å²) >= 11 is 0. The molecular formula is C20H14N2O3.